The Bertz CT molecular complexity index is 611. The average Bonchev–Trinajstić information content (AvgIpc) is 2.56. The number of hydrogen-bond acceptors (Lipinski definition) is 4. The van der Waals surface area contributed by atoms with E-state index in [0.717, 1.165) is 58.0 Å². The molecule has 2 saturated heterocycles. The topological polar surface area (TPSA) is 58.5 Å². The number of nitrogens with one attached hydrogen (secondary N) is 2. The quantitative estimate of drug-likeness (QED) is 0.535. The maximum Gasteiger partial charge on any atom is 0.294 e. The lowest BCUT2D eigenvalue weighted by atomic mass is 10.1. The Hall–Kier alpha value is -1.57. The fourth-order valence-corrected chi connectivity index (χ4v) is 3.88. The van der Waals surface area contributed by atoms with Crippen LogP contribution in [0.5, 0.6) is 0 Å². The van der Waals surface area contributed by atoms with Gasteiger partial charge in [-0.2, -0.15) is 0 Å². The molecule has 0 bridgehead atoms. The molecule has 2 N–H and O–H groups in total. The van der Waals surface area contributed by atoms with E-state index in [1.165, 1.54) is 9.80 Å². The van der Waals surface area contributed by atoms with E-state index in [9.17, 15) is 10.1 Å². The van der Waals surface area contributed by atoms with Crippen LogP contribution in [0.25, 0.3) is 0 Å². The SMILES string of the molecule is C[NH+]1CCN(c2ccc([N+](=O)[O-])c(N3CC[NH+](C)CC3)c2Cl)CC1. The normalized spacial score (nSPS) is 20.5. The Morgan fingerprint density at radius 3 is 2.00 bits per heavy atom. The van der Waals surface area contributed by atoms with E-state index in [2.05, 4.69) is 23.9 Å². The summed E-state index contributed by atoms with van der Waals surface area (Å²) in [5.41, 5.74) is 1.64. The minimum atomic E-state index is -0.315. The highest BCUT2D eigenvalue weighted by molar-refractivity contribution is 6.36. The predicted octanol–water partition coefficient (Wildman–Crippen LogP) is -1.08. The first-order valence-electron chi connectivity index (χ1n) is 8.56. The lowest BCUT2D eigenvalue weighted by molar-refractivity contribution is -0.880. The van der Waals surface area contributed by atoms with Gasteiger partial charge < -0.3 is 19.6 Å². The standard InChI is InChI=1S/C16H24ClN5O2/c1-18-5-9-20(10-6-18)13-3-4-14(22(23)24)16(15(13)17)21-11-7-19(2)8-12-21/h3-4H,5-12H2,1-2H3/p+2. The van der Waals surface area contributed by atoms with Crippen LogP contribution in [0.15, 0.2) is 12.1 Å². The van der Waals surface area contributed by atoms with Crippen LogP contribution in [0.1, 0.15) is 0 Å². The highest BCUT2D eigenvalue weighted by Gasteiger charge is 2.30. The van der Waals surface area contributed by atoms with Crippen LogP contribution in [-0.4, -0.2) is 71.4 Å². The van der Waals surface area contributed by atoms with Gasteiger partial charge in [-0.05, 0) is 6.07 Å². The van der Waals surface area contributed by atoms with E-state index in [4.69, 9.17) is 11.6 Å². The van der Waals surface area contributed by atoms with Crippen LogP contribution in [0.3, 0.4) is 0 Å². The van der Waals surface area contributed by atoms with Crippen molar-refractivity contribution in [1.29, 1.82) is 0 Å². The van der Waals surface area contributed by atoms with E-state index in [0.29, 0.717) is 10.7 Å². The van der Waals surface area contributed by atoms with Crippen molar-refractivity contribution < 1.29 is 14.7 Å². The fraction of sp³-hybridized carbons (Fsp3) is 0.625. The van der Waals surface area contributed by atoms with Crippen LogP contribution in [0.2, 0.25) is 5.02 Å². The molecule has 1 aromatic rings. The molecular formula is C16H26ClN5O2+2. The number of benzene rings is 1. The molecule has 1 aromatic carbocycles. The lowest BCUT2D eigenvalue weighted by Gasteiger charge is -2.35. The molecular weight excluding hydrogens is 330 g/mol. The summed E-state index contributed by atoms with van der Waals surface area (Å²) >= 11 is 6.70. The van der Waals surface area contributed by atoms with E-state index in [1.54, 1.807) is 6.07 Å². The summed E-state index contributed by atoms with van der Waals surface area (Å²) in [7, 11) is 4.34. The number of rotatable bonds is 3. The van der Waals surface area contributed by atoms with Crippen LogP contribution in [0, 0.1) is 10.1 Å². The van der Waals surface area contributed by atoms with Gasteiger partial charge in [-0.15, -0.1) is 0 Å². The first kappa shape index (κ1) is 17.3. The summed E-state index contributed by atoms with van der Waals surface area (Å²) in [5, 5.41) is 12.0. The first-order chi connectivity index (χ1) is 11.5. The summed E-state index contributed by atoms with van der Waals surface area (Å²) in [6, 6.07) is 3.43. The summed E-state index contributed by atoms with van der Waals surface area (Å²) < 4.78 is 0. The zero-order valence-corrected chi connectivity index (χ0v) is 15.1. The van der Waals surface area contributed by atoms with Gasteiger partial charge in [0, 0.05) is 6.07 Å². The molecule has 7 nitrogen and oxygen atoms in total. The summed E-state index contributed by atoms with van der Waals surface area (Å²) in [6.07, 6.45) is 0. The number of quaternary nitrogens is 2. The molecule has 2 aliphatic rings. The highest BCUT2D eigenvalue weighted by Crippen LogP contribution is 2.42. The van der Waals surface area contributed by atoms with Gasteiger partial charge in [-0.25, -0.2) is 0 Å². The molecule has 0 atom stereocenters. The molecule has 24 heavy (non-hydrogen) atoms. The van der Waals surface area contributed by atoms with Gasteiger partial charge in [-0.3, -0.25) is 10.1 Å². The summed E-state index contributed by atoms with van der Waals surface area (Å²) in [6.45, 7) is 7.49. The van der Waals surface area contributed by atoms with Gasteiger partial charge in [0.15, 0.2) is 0 Å². The van der Waals surface area contributed by atoms with Crippen molar-refractivity contribution in [2.45, 2.75) is 0 Å². The minimum absolute atomic E-state index is 0.114. The number of nitrogens with zero attached hydrogens (tertiary/aromatic N) is 3. The van der Waals surface area contributed by atoms with Gasteiger partial charge in [0.2, 0.25) is 0 Å². The van der Waals surface area contributed by atoms with Gasteiger partial charge in [0.05, 0.1) is 82.1 Å². The molecule has 3 rings (SSSR count). The smallest absolute Gasteiger partial charge is 0.294 e. The Kier molecular flexibility index (Phi) is 5.12. The molecule has 0 amide bonds. The van der Waals surface area contributed by atoms with Gasteiger partial charge >= 0.3 is 0 Å². The molecule has 132 valence electrons. The second-order valence-electron chi connectivity index (χ2n) is 6.91. The van der Waals surface area contributed by atoms with E-state index in [1.807, 2.05) is 6.07 Å². The van der Waals surface area contributed by atoms with Crippen LogP contribution < -0.4 is 19.6 Å². The van der Waals surface area contributed by atoms with Crippen molar-refractivity contribution >= 4 is 28.7 Å². The molecule has 0 radical (unpaired) electrons. The van der Waals surface area contributed by atoms with Crippen LogP contribution in [0.4, 0.5) is 17.1 Å². The second-order valence-corrected chi connectivity index (χ2v) is 7.29. The molecule has 2 aliphatic heterocycles. The number of likely N-dealkylation sites (N-methyl/N-ethyl adjacent to an activating group) is 2. The molecule has 2 heterocycles. The summed E-state index contributed by atoms with van der Waals surface area (Å²) in [5.74, 6) is 0. The van der Waals surface area contributed by atoms with Gasteiger partial charge in [0.1, 0.15) is 5.69 Å². The minimum Gasteiger partial charge on any atom is -0.359 e. The van der Waals surface area contributed by atoms with Gasteiger partial charge in [0.25, 0.3) is 5.69 Å². The lowest BCUT2D eigenvalue weighted by Crippen LogP contribution is -3.12. The highest BCUT2D eigenvalue weighted by atomic mass is 35.5. The number of halogens is 1. The van der Waals surface area contributed by atoms with Crippen molar-refractivity contribution in [3.05, 3.63) is 27.3 Å². The van der Waals surface area contributed by atoms with Crippen molar-refractivity contribution in [3.8, 4) is 0 Å². The summed E-state index contributed by atoms with van der Waals surface area (Å²) in [4.78, 5) is 18.5. The number of nitro benzene ring substituents is 1. The Morgan fingerprint density at radius 2 is 1.50 bits per heavy atom. The van der Waals surface area contributed by atoms with E-state index >= 15 is 0 Å². The molecule has 0 aliphatic carbocycles. The maximum atomic E-state index is 11.5. The van der Waals surface area contributed by atoms with Crippen molar-refractivity contribution in [3.63, 3.8) is 0 Å². The Morgan fingerprint density at radius 1 is 1.00 bits per heavy atom. The van der Waals surface area contributed by atoms with E-state index < -0.39 is 0 Å². The monoisotopic (exact) mass is 355 g/mol. The molecule has 0 saturated carbocycles. The van der Waals surface area contributed by atoms with Crippen LogP contribution in [-0.2, 0) is 0 Å². The molecule has 8 heteroatoms. The van der Waals surface area contributed by atoms with Gasteiger partial charge in [-0.1, -0.05) is 11.6 Å². The third-order valence-corrected chi connectivity index (χ3v) is 5.53. The average molecular weight is 356 g/mol. The number of anilines is 2. The molecule has 0 unspecified atom stereocenters. The largest absolute Gasteiger partial charge is 0.359 e. The third kappa shape index (κ3) is 3.43. The van der Waals surface area contributed by atoms with Crippen LogP contribution >= 0.6 is 11.6 Å². The van der Waals surface area contributed by atoms with Crippen molar-refractivity contribution in [2.24, 2.45) is 0 Å². The Labute approximate surface area is 147 Å². The predicted molar refractivity (Wildman–Crippen MR) is 95.8 cm³/mol. The molecule has 2 fully saturated rings. The zero-order chi connectivity index (χ0) is 17.3. The van der Waals surface area contributed by atoms with Crippen molar-refractivity contribution in [1.82, 2.24) is 0 Å². The maximum absolute atomic E-state index is 11.5. The number of nitro groups is 1. The number of hydrogen-bond donors (Lipinski definition) is 2. The van der Waals surface area contributed by atoms with E-state index in [-0.39, 0.29) is 10.6 Å². The van der Waals surface area contributed by atoms with Crippen molar-refractivity contribution in [2.75, 3.05) is 76.3 Å². The second kappa shape index (κ2) is 7.13. The number of piperazine rings is 2. The first-order valence-corrected chi connectivity index (χ1v) is 8.94. The Balaban J connectivity index is 1.95. The zero-order valence-electron chi connectivity index (χ0n) is 14.3. The third-order valence-electron chi connectivity index (χ3n) is 5.16. The fourth-order valence-electron chi connectivity index (χ4n) is 3.48. The molecule has 0 aromatic heterocycles. The molecule has 0 spiro atoms.